The molecule has 4 nitrogen and oxygen atoms in total. The first-order chi connectivity index (χ1) is 5.68. The molecule has 0 bridgehead atoms. The Labute approximate surface area is 78.3 Å². The van der Waals surface area contributed by atoms with Crippen LogP contribution in [0.2, 0.25) is 0 Å². The molecule has 0 saturated heterocycles. The van der Waals surface area contributed by atoms with Crippen LogP contribution in [0.5, 0.6) is 0 Å². The van der Waals surface area contributed by atoms with E-state index in [0.717, 1.165) is 25.7 Å². The Kier molecular flexibility index (Phi) is 7.23. The molecule has 5 heteroatoms. The van der Waals surface area contributed by atoms with Gasteiger partial charge < -0.3 is 28.0 Å². The van der Waals surface area contributed by atoms with Gasteiger partial charge in [-0.2, -0.15) is 4.79 Å². The Hall–Kier alpha value is -0.260. The van der Waals surface area contributed by atoms with Crippen LogP contribution < -0.4 is 10.0 Å². The van der Waals surface area contributed by atoms with Gasteiger partial charge in [-0.15, -0.1) is 0 Å². The molecule has 0 radical (unpaired) electrons. The fourth-order valence-electron chi connectivity index (χ4n) is 0.890. The number of carboxylic acid groups (broad SMARTS) is 1. The largest absolute Gasteiger partial charge is 0.493 e. The molecule has 72 valence electrons. The number of quaternary nitrogens is 1. The second-order valence-electron chi connectivity index (χ2n) is 2.68. The maximum absolute atomic E-state index is 10.3. The zero-order chi connectivity index (χ0) is 9.40. The minimum Gasteiger partial charge on any atom is -0.483 e. The average Bonchev–Trinajstić information content (AvgIpc) is 2.03. The van der Waals surface area contributed by atoms with E-state index in [9.17, 15) is 4.79 Å². The van der Waals surface area contributed by atoms with Crippen LogP contribution in [0.1, 0.15) is 25.7 Å². The monoisotopic (exact) mass is 192 g/mol. The summed E-state index contributed by atoms with van der Waals surface area (Å²) in [4.78, 5) is 10.3. The van der Waals surface area contributed by atoms with Crippen LogP contribution in [0.25, 0.3) is 0 Å². The summed E-state index contributed by atoms with van der Waals surface area (Å²) in [5.74, 6) is 0. The second kappa shape index (κ2) is 7.39. The van der Waals surface area contributed by atoms with E-state index >= 15 is 0 Å². The van der Waals surface area contributed by atoms with E-state index in [1.54, 1.807) is 0 Å². The summed E-state index contributed by atoms with van der Waals surface area (Å²) < 4.78 is 0.141. The maximum atomic E-state index is 10.3. The van der Waals surface area contributed by atoms with Gasteiger partial charge in [0.25, 0.3) is 0 Å². The summed E-state index contributed by atoms with van der Waals surface area (Å²) in [5.41, 5.74) is 5.30. The lowest BCUT2D eigenvalue weighted by Crippen LogP contribution is -3.10. The summed E-state index contributed by atoms with van der Waals surface area (Å²) in [6, 6.07) is 0. The van der Waals surface area contributed by atoms with Gasteiger partial charge in [0, 0.05) is 0 Å². The zero-order valence-electron chi connectivity index (χ0n) is 7.08. The van der Waals surface area contributed by atoms with Crippen LogP contribution in [0.3, 0.4) is 0 Å². The minimum atomic E-state index is -0.955. The number of nitrogens with one attached hydrogen (secondary N) is 1. The van der Waals surface area contributed by atoms with Crippen molar-refractivity contribution >= 4 is 18.9 Å². The summed E-state index contributed by atoms with van der Waals surface area (Å²) in [7, 11) is 0. The number of unbranched alkanes of at least 4 members (excludes halogenated alkanes) is 3. The molecule has 1 atom stereocenters. The smallest absolute Gasteiger partial charge is 0.483 e. The molecule has 0 aromatic carbocycles. The van der Waals surface area contributed by atoms with Gasteiger partial charge in [-0.3, -0.25) is 0 Å². The molecule has 0 aromatic rings. The van der Waals surface area contributed by atoms with Gasteiger partial charge >= 0.3 is 6.09 Å². The van der Waals surface area contributed by atoms with Crippen LogP contribution in [-0.4, -0.2) is 24.3 Å². The van der Waals surface area contributed by atoms with Crippen LogP contribution in [0.4, 0.5) is 4.79 Å². The highest BCUT2D eigenvalue weighted by Gasteiger charge is 2.03. The molecule has 0 aliphatic rings. The normalized spacial score (nSPS) is 12.8. The van der Waals surface area contributed by atoms with Gasteiger partial charge in [0.2, 0.25) is 0 Å². The molecule has 1 amide bonds. The van der Waals surface area contributed by atoms with Crippen molar-refractivity contribution in [3.8, 4) is 0 Å². The van der Waals surface area contributed by atoms with E-state index in [4.69, 9.17) is 10.8 Å². The standard InChI is InChI=1S/C7H16N2O2S/c8-5-3-1-2-4-6-9(12)7(10)11/h9H,1-6,8H2,(H,10,11). The molecule has 0 spiro atoms. The highest BCUT2D eigenvalue weighted by atomic mass is 32.1. The van der Waals surface area contributed by atoms with Gasteiger partial charge in [-0.05, 0) is 25.8 Å². The predicted molar refractivity (Wildman–Crippen MR) is 48.7 cm³/mol. The molecular formula is C7H16N2O2S. The molecule has 0 aromatic heterocycles. The van der Waals surface area contributed by atoms with Crippen LogP contribution >= 0.6 is 0 Å². The first kappa shape index (κ1) is 11.7. The highest BCUT2D eigenvalue weighted by Crippen LogP contribution is 1.95. The first-order valence-electron chi connectivity index (χ1n) is 4.14. The summed E-state index contributed by atoms with van der Waals surface area (Å²) in [5, 5.41) is 8.42. The SMILES string of the molecule is NCCCCCC[NH+]([S-])C(=O)O. The van der Waals surface area contributed by atoms with Crippen molar-refractivity contribution in [2.75, 3.05) is 13.1 Å². The summed E-state index contributed by atoms with van der Waals surface area (Å²) in [6.07, 6.45) is 3.01. The van der Waals surface area contributed by atoms with Crippen LogP contribution in [0, 0.1) is 0 Å². The predicted octanol–water partition coefficient (Wildman–Crippen LogP) is -0.470. The van der Waals surface area contributed by atoms with Crippen molar-refractivity contribution in [3.05, 3.63) is 0 Å². The highest BCUT2D eigenvalue weighted by molar-refractivity contribution is 7.51. The van der Waals surface area contributed by atoms with E-state index in [-0.39, 0.29) is 4.31 Å². The van der Waals surface area contributed by atoms with Crippen molar-refractivity contribution in [2.24, 2.45) is 5.73 Å². The van der Waals surface area contributed by atoms with Crippen molar-refractivity contribution in [3.63, 3.8) is 0 Å². The first-order valence-corrected chi connectivity index (χ1v) is 4.55. The molecule has 4 N–H and O–H groups in total. The Bertz CT molecular complexity index is 133. The van der Waals surface area contributed by atoms with Crippen molar-refractivity contribution in [1.82, 2.24) is 0 Å². The second-order valence-corrected chi connectivity index (χ2v) is 3.17. The number of hydrogen-bond donors (Lipinski definition) is 3. The molecule has 0 saturated carbocycles. The van der Waals surface area contributed by atoms with Gasteiger partial charge in [0.1, 0.15) is 0 Å². The fourth-order valence-corrected chi connectivity index (χ4v) is 1.03. The molecular weight excluding hydrogens is 176 g/mol. The summed E-state index contributed by atoms with van der Waals surface area (Å²) in [6.45, 7) is 1.23. The van der Waals surface area contributed by atoms with E-state index in [0.29, 0.717) is 13.1 Å². The number of carbonyl (C=O) groups is 1. The quantitative estimate of drug-likeness (QED) is 0.393. The molecule has 0 fully saturated rings. The summed E-state index contributed by atoms with van der Waals surface area (Å²) >= 11 is 4.63. The van der Waals surface area contributed by atoms with Crippen LogP contribution in [-0.2, 0) is 12.8 Å². The molecule has 0 heterocycles. The Morgan fingerprint density at radius 3 is 2.42 bits per heavy atom. The maximum Gasteiger partial charge on any atom is 0.493 e. The van der Waals surface area contributed by atoms with E-state index in [1.165, 1.54) is 0 Å². The Balaban J connectivity index is 3.14. The molecule has 0 aliphatic carbocycles. The molecule has 0 rings (SSSR count). The Morgan fingerprint density at radius 2 is 1.92 bits per heavy atom. The third-order valence-corrected chi connectivity index (χ3v) is 1.98. The lowest BCUT2D eigenvalue weighted by molar-refractivity contribution is -0.670. The average molecular weight is 192 g/mol. The topological polar surface area (TPSA) is 67.8 Å². The zero-order valence-corrected chi connectivity index (χ0v) is 7.90. The third kappa shape index (κ3) is 6.45. The minimum absolute atomic E-state index is 0.141. The van der Waals surface area contributed by atoms with Crippen molar-refractivity contribution in [2.45, 2.75) is 25.7 Å². The molecule has 0 aliphatic heterocycles. The number of hydrogen-bond acceptors (Lipinski definition) is 3. The Morgan fingerprint density at radius 1 is 1.33 bits per heavy atom. The third-order valence-electron chi connectivity index (χ3n) is 1.60. The van der Waals surface area contributed by atoms with Gasteiger partial charge in [0.05, 0.1) is 6.54 Å². The number of nitrogens with two attached hydrogens (primary N) is 1. The van der Waals surface area contributed by atoms with E-state index in [2.05, 4.69) is 12.8 Å². The molecule has 1 unspecified atom stereocenters. The lowest BCUT2D eigenvalue weighted by Gasteiger charge is -2.15. The number of rotatable bonds is 6. The van der Waals surface area contributed by atoms with E-state index < -0.39 is 6.09 Å². The van der Waals surface area contributed by atoms with Crippen molar-refractivity contribution < 1.29 is 14.2 Å². The van der Waals surface area contributed by atoms with Crippen LogP contribution in [0.15, 0.2) is 0 Å². The molecule has 12 heavy (non-hydrogen) atoms. The lowest BCUT2D eigenvalue weighted by atomic mass is 10.2. The van der Waals surface area contributed by atoms with Gasteiger partial charge in [-0.1, -0.05) is 6.42 Å². The van der Waals surface area contributed by atoms with Gasteiger partial charge in [0.15, 0.2) is 0 Å². The van der Waals surface area contributed by atoms with E-state index in [1.807, 2.05) is 0 Å². The van der Waals surface area contributed by atoms with Gasteiger partial charge in [-0.25, -0.2) is 0 Å². The number of amides is 1. The fraction of sp³-hybridized carbons (Fsp3) is 0.857. The van der Waals surface area contributed by atoms with Crippen molar-refractivity contribution in [1.29, 1.82) is 0 Å².